The first kappa shape index (κ1) is 13.4. The third kappa shape index (κ3) is 2.54. The summed E-state index contributed by atoms with van der Waals surface area (Å²) in [4.78, 5) is 2.53. The number of likely N-dealkylation sites (tertiary alicyclic amines) is 1. The molecule has 3 heterocycles. The molecule has 1 N–H and O–H groups in total. The molecule has 2 unspecified atom stereocenters. The Morgan fingerprint density at radius 1 is 1.42 bits per heavy atom. The highest BCUT2D eigenvalue weighted by atomic mass is 35.5. The fourth-order valence-electron chi connectivity index (χ4n) is 3.50. The van der Waals surface area contributed by atoms with Gasteiger partial charge in [0.05, 0.1) is 16.4 Å². The number of halogens is 1. The van der Waals surface area contributed by atoms with Crippen molar-refractivity contribution in [2.75, 3.05) is 19.6 Å². The number of fused-ring (bicyclic) bond motifs is 1. The monoisotopic (exact) mass is 282 g/mol. The second-order valence-corrected chi connectivity index (χ2v) is 6.20. The van der Waals surface area contributed by atoms with Crippen molar-refractivity contribution in [1.29, 1.82) is 0 Å². The lowest BCUT2D eigenvalue weighted by molar-refractivity contribution is 0.302. The lowest BCUT2D eigenvalue weighted by Gasteiger charge is -2.24. The summed E-state index contributed by atoms with van der Waals surface area (Å²) in [6.07, 6.45) is 2.69. The van der Waals surface area contributed by atoms with Gasteiger partial charge in [0.2, 0.25) is 0 Å². The third-order valence-corrected chi connectivity index (χ3v) is 4.99. The molecule has 4 nitrogen and oxygen atoms in total. The average molecular weight is 283 g/mol. The largest absolute Gasteiger partial charge is 0.312 e. The molecule has 2 saturated heterocycles. The Morgan fingerprint density at radius 3 is 3.00 bits per heavy atom. The van der Waals surface area contributed by atoms with Crippen molar-refractivity contribution in [3.05, 3.63) is 16.4 Å². The van der Waals surface area contributed by atoms with Gasteiger partial charge in [0, 0.05) is 32.2 Å². The van der Waals surface area contributed by atoms with Crippen LogP contribution >= 0.6 is 11.6 Å². The van der Waals surface area contributed by atoms with E-state index in [9.17, 15) is 0 Å². The summed E-state index contributed by atoms with van der Waals surface area (Å²) in [5.74, 6) is 0.826. The zero-order valence-electron chi connectivity index (χ0n) is 11.8. The number of nitrogens with one attached hydrogen (secondary N) is 1. The van der Waals surface area contributed by atoms with E-state index in [0.717, 1.165) is 36.3 Å². The van der Waals surface area contributed by atoms with E-state index in [1.165, 1.54) is 31.6 Å². The Bertz CT molecular complexity index is 443. The summed E-state index contributed by atoms with van der Waals surface area (Å²) in [5.41, 5.74) is 2.13. The Balaban J connectivity index is 1.72. The normalized spacial score (nSPS) is 27.7. The van der Waals surface area contributed by atoms with Crippen molar-refractivity contribution in [3.63, 3.8) is 0 Å². The standard InChI is InChI=1S/C14H23ClN4/c1-3-19-13(14(15)10(2)17-19)9-18-7-11-5-4-6-16-12(11)8-18/h11-12,16H,3-9H2,1-2H3. The maximum absolute atomic E-state index is 6.40. The summed E-state index contributed by atoms with van der Waals surface area (Å²) in [7, 11) is 0. The lowest BCUT2D eigenvalue weighted by atomic mass is 9.94. The Kier molecular flexibility index (Phi) is 3.83. The van der Waals surface area contributed by atoms with Crippen molar-refractivity contribution in [2.24, 2.45) is 5.92 Å². The molecule has 0 saturated carbocycles. The number of rotatable bonds is 3. The highest BCUT2D eigenvalue weighted by Crippen LogP contribution is 2.28. The van der Waals surface area contributed by atoms with Crippen LogP contribution in [0.5, 0.6) is 0 Å². The van der Waals surface area contributed by atoms with Crippen LogP contribution in [-0.2, 0) is 13.1 Å². The highest BCUT2D eigenvalue weighted by Gasteiger charge is 2.34. The van der Waals surface area contributed by atoms with Gasteiger partial charge in [-0.3, -0.25) is 9.58 Å². The molecule has 5 heteroatoms. The minimum atomic E-state index is 0.687. The maximum Gasteiger partial charge on any atom is 0.0860 e. The van der Waals surface area contributed by atoms with E-state index in [4.69, 9.17) is 11.6 Å². The smallest absolute Gasteiger partial charge is 0.0860 e. The minimum Gasteiger partial charge on any atom is -0.312 e. The SMILES string of the molecule is CCn1nc(C)c(Cl)c1CN1CC2CCCNC2C1. The molecule has 2 atom stereocenters. The molecule has 2 fully saturated rings. The van der Waals surface area contributed by atoms with Crippen LogP contribution in [0.1, 0.15) is 31.2 Å². The zero-order valence-corrected chi connectivity index (χ0v) is 12.6. The molecule has 106 valence electrons. The zero-order chi connectivity index (χ0) is 13.4. The molecule has 0 aromatic carbocycles. The van der Waals surface area contributed by atoms with Crippen LogP contribution in [-0.4, -0.2) is 40.4 Å². The van der Waals surface area contributed by atoms with E-state index in [-0.39, 0.29) is 0 Å². The first-order valence-electron chi connectivity index (χ1n) is 7.36. The molecule has 1 aromatic heterocycles. The summed E-state index contributed by atoms with van der Waals surface area (Å²) in [5, 5.41) is 9.00. The summed E-state index contributed by atoms with van der Waals surface area (Å²) < 4.78 is 2.05. The molecule has 1 aromatic rings. The number of piperidine rings is 1. The van der Waals surface area contributed by atoms with Gasteiger partial charge >= 0.3 is 0 Å². The fraction of sp³-hybridized carbons (Fsp3) is 0.786. The van der Waals surface area contributed by atoms with Gasteiger partial charge in [-0.1, -0.05) is 11.6 Å². The van der Waals surface area contributed by atoms with Crippen LogP contribution in [0.3, 0.4) is 0 Å². The van der Waals surface area contributed by atoms with Crippen LogP contribution in [0.15, 0.2) is 0 Å². The van der Waals surface area contributed by atoms with E-state index in [1.54, 1.807) is 0 Å². The number of nitrogens with zero attached hydrogens (tertiary/aromatic N) is 3. The number of hydrogen-bond donors (Lipinski definition) is 1. The quantitative estimate of drug-likeness (QED) is 0.921. The molecule has 19 heavy (non-hydrogen) atoms. The molecular weight excluding hydrogens is 260 g/mol. The predicted molar refractivity (Wildman–Crippen MR) is 77.4 cm³/mol. The molecule has 2 aliphatic heterocycles. The van der Waals surface area contributed by atoms with Crippen molar-refractivity contribution < 1.29 is 0 Å². The van der Waals surface area contributed by atoms with Gasteiger partial charge in [0.25, 0.3) is 0 Å². The second-order valence-electron chi connectivity index (χ2n) is 5.82. The summed E-state index contributed by atoms with van der Waals surface area (Å²) in [6.45, 7) is 9.46. The lowest BCUT2D eigenvalue weighted by Crippen LogP contribution is -2.40. The summed E-state index contributed by atoms with van der Waals surface area (Å²) in [6, 6.07) is 0.687. The Hall–Kier alpha value is -0.580. The van der Waals surface area contributed by atoms with Crippen molar-refractivity contribution in [2.45, 2.75) is 45.8 Å². The van der Waals surface area contributed by atoms with Gasteiger partial charge in [0.15, 0.2) is 0 Å². The first-order chi connectivity index (χ1) is 9.19. The van der Waals surface area contributed by atoms with E-state index in [0.29, 0.717) is 6.04 Å². The number of aromatic nitrogens is 2. The van der Waals surface area contributed by atoms with Gasteiger partial charge in [-0.25, -0.2) is 0 Å². The van der Waals surface area contributed by atoms with Gasteiger partial charge in [-0.15, -0.1) is 0 Å². The van der Waals surface area contributed by atoms with Crippen LogP contribution in [0.2, 0.25) is 5.02 Å². The molecule has 0 aliphatic carbocycles. The van der Waals surface area contributed by atoms with Gasteiger partial charge in [-0.2, -0.15) is 5.10 Å². The minimum absolute atomic E-state index is 0.687. The van der Waals surface area contributed by atoms with E-state index >= 15 is 0 Å². The van der Waals surface area contributed by atoms with Crippen LogP contribution < -0.4 is 5.32 Å². The van der Waals surface area contributed by atoms with Crippen molar-refractivity contribution >= 4 is 11.6 Å². The molecule has 0 spiro atoms. The fourth-order valence-corrected chi connectivity index (χ4v) is 3.69. The third-order valence-electron chi connectivity index (χ3n) is 4.50. The topological polar surface area (TPSA) is 33.1 Å². The Labute approximate surface area is 120 Å². The van der Waals surface area contributed by atoms with Crippen molar-refractivity contribution in [1.82, 2.24) is 20.0 Å². The van der Waals surface area contributed by atoms with E-state index in [1.807, 2.05) is 11.6 Å². The number of hydrogen-bond acceptors (Lipinski definition) is 3. The molecule has 0 radical (unpaired) electrons. The second kappa shape index (κ2) is 5.43. The van der Waals surface area contributed by atoms with Crippen molar-refractivity contribution in [3.8, 4) is 0 Å². The van der Waals surface area contributed by atoms with Crippen LogP contribution in [0, 0.1) is 12.8 Å². The van der Waals surface area contributed by atoms with E-state index < -0.39 is 0 Å². The molecule has 3 rings (SSSR count). The average Bonchev–Trinajstić information content (AvgIpc) is 2.94. The van der Waals surface area contributed by atoms with Crippen LogP contribution in [0.4, 0.5) is 0 Å². The Morgan fingerprint density at radius 2 is 2.26 bits per heavy atom. The number of aryl methyl sites for hydroxylation is 2. The van der Waals surface area contributed by atoms with Gasteiger partial charge in [-0.05, 0) is 39.2 Å². The maximum atomic E-state index is 6.40. The molecule has 0 bridgehead atoms. The van der Waals surface area contributed by atoms with E-state index in [2.05, 4.69) is 22.2 Å². The van der Waals surface area contributed by atoms with Gasteiger partial charge in [0.1, 0.15) is 0 Å². The van der Waals surface area contributed by atoms with Gasteiger partial charge < -0.3 is 5.32 Å². The van der Waals surface area contributed by atoms with Crippen LogP contribution in [0.25, 0.3) is 0 Å². The predicted octanol–water partition coefficient (Wildman–Crippen LogP) is 2.05. The molecular formula is C14H23ClN4. The molecule has 2 aliphatic rings. The summed E-state index contributed by atoms with van der Waals surface area (Å²) >= 11 is 6.40. The highest BCUT2D eigenvalue weighted by molar-refractivity contribution is 6.31. The first-order valence-corrected chi connectivity index (χ1v) is 7.74. The molecule has 0 amide bonds.